The van der Waals surface area contributed by atoms with E-state index < -0.39 is 0 Å². The molecule has 0 aliphatic heterocycles. The molecule has 0 unspecified atom stereocenters. The molecule has 0 atom stereocenters. The van der Waals surface area contributed by atoms with Crippen LogP contribution in [0.5, 0.6) is 0 Å². The number of rotatable bonds is 2. The molecule has 2 nitrogen and oxygen atoms in total. The summed E-state index contributed by atoms with van der Waals surface area (Å²) in [5, 5.41) is 3.65. The Bertz CT molecular complexity index is 297. The van der Waals surface area contributed by atoms with Gasteiger partial charge < -0.3 is 4.84 Å². The third kappa shape index (κ3) is 2.12. The standard InChI is InChI=1S/C9H10BNO/c1-7-5-8(6-11-12-2)3-4-9(7)10/h3-6H,1-2H3/b11-6+. The molecule has 0 aliphatic carbocycles. The molecule has 12 heavy (non-hydrogen) atoms. The zero-order valence-electron chi connectivity index (χ0n) is 7.24. The molecule has 0 saturated carbocycles. The van der Waals surface area contributed by atoms with E-state index in [0.717, 1.165) is 16.6 Å². The second kappa shape index (κ2) is 3.95. The first kappa shape index (κ1) is 8.85. The Morgan fingerprint density at radius 3 is 2.83 bits per heavy atom. The normalized spacial score (nSPS) is 10.5. The fourth-order valence-electron chi connectivity index (χ4n) is 0.893. The van der Waals surface area contributed by atoms with Crippen LogP contribution < -0.4 is 5.46 Å². The minimum Gasteiger partial charge on any atom is -0.399 e. The molecule has 1 rings (SSSR count). The predicted molar refractivity (Wildman–Crippen MR) is 51.2 cm³/mol. The van der Waals surface area contributed by atoms with Crippen molar-refractivity contribution in [1.29, 1.82) is 0 Å². The van der Waals surface area contributed by atoms with Crippen LogP contribution in [0.1, 0.15) is 11.1 Å². The van der Waals surface area contributed by atoms with Crippen molar-refractivity contribution in [1.82, 2.24) is 0 Å². The van der Waals surface area contributed by atoms with Gasteiger partial charge in [0.1, 0.15) is 15.0 Å². The van der Waals surface area contributed by atoms with Gasteiger partial charge in [-0.3, -0.25) is 0 Å². The Hall–Kier alpha value is -1.25. The second-order valence-corrected chi connectivity index (χ2v) is 2.53. The van der Waals surface area contributed by atoms with Crippen molar-refractivity contribution in [2.45, 2.75) is 6.92 Å². The highest BCUT2D eigenvalue weighted by Gasteiger charge is 1.92. The molecule has 60 valence electrons. The van der Waals surface area contributed by atoms with Crippen LogP contribution in [0.25, 0.3) is 0 Å². The maximum absolute atomic E-state index is 5.64. The van der Waals surface area contributed by atoms with Gasteiger partial charge in [-0.25, -0.2) is 0 Å². The Balaban J connectivity index is 2.89. The molecular formula is C9H10BNO. The van der Waals surface area contributed by atoms with Gasteiger partial charge in [-0.2, -0.15) is 0 Å². The van der Waals surface area contributed by atoms with E-state index in [-0.39, 0.29) is 0 Å². The Morgan fingerprint density at radius 1 is 1.50 bits per heavy atom. The summed E-state index contributed by atoms with van der Waals surface area (Å²) in [5.74, 6) is 0. The average molecular weight is 159 g/mol. The highest BCUT2D eigenvalue weighted by molar-refractivity contribution is 6.33. The molecule has 0 heterocycles. The van der Waals surface area contributed by atoms with Crippen LogP contribution in [0, 0.1) is 6.92 Å². The van der Waals surface area contributed by atoms with Crippen molar-refractivity contribution in [2.75, 3.05) is 7.11 Å². The maximum atomic E-state index is 5.64. The fourth-order valence-corrected chi connectivity index (χ4v) is 0.893. The highest BCUT2D eigenvalue weighted by Crippen LogP contribution is 1.98. The van der Waals surface area contributed by atoms with Crippen LogP contribution >= 0.6 is 0 Å². The minimum atomic E-state index is 0.796. The van der Waals surface area contributed by atoms with Crippen molar-refractivity contribution >= 4 is 19.5 Å². The molecule has 0 aromatic heterocycles. The lowest BCUT2D eigenvalue weighted by molar-refractivity contribution is 0.215. The molecule has 0 amide bonds. The maximum Gasteiger partial charge on any atom is 0.114 e. The average Bonchev–Trinajstić information content (AvgIpc) is 2.07. The third-order valence-corrected chi connectivity index (χ3v) is 1.60. The lowest BCUT2D eigenvalue weighted by Crippen LogP contribution is -2.06. The van der Waals surface area contributed by atoms with E-state index in [1.807, 2.05) is 25.1 Å². The van der Waals surface area contributed by atoms with Crippen molar-refractivity contribution in [3.63, 3.8) is 0 Å². The van der Waals surface area contributed by atoms with Gasteiger partial charge in [-0.1, -0.05) is 34.4 Å². The zero-order valence-corrected chi connectivity index (χ0v) is 7.24. The van der Waals surface area contributed by atoms with Crippen molar-refractivity contribution in [3.8, 4) is 0 Å². The quantitative estimate of drug-likeness (QED) is 0.354. The molecule has 0 spiro atoms. The summed E-state index contributed by atoms with van der Waals surface area (Å²) in [6, 6.07) is 5.70. The van der Waals surface area contributed by atoms with E-state index >= 15 is 0 Å². The molecule has 0 fully saturated rings. The molecule has 0 aliphatic rings. The summed E-state index contributed by atoms with van der Waals surface area (Å²) in [6.07, 6.45) is 1.65. The van der Waals surface area contributed by atoms with Gasteiger partial charge in [0.2, 0.25) is 0 Å². The highest BCUT2D eigenvalue weighted by atomic mass is 16.6. The number of benzene rings is 1. The lowest BCUT2D eigenvalue weighted by atomic mass is 9.90. The topological polar surface area (TPSA) is 21.6 Å². The SMILES string of the molecule is [B]c1ccc(/C=N/OC)cc1C. The van der Waals surface area contributed by atoms with Gasteiger partial charge in [0.25, 0.3) is 0 Å². The van der Waals surface area contributed by atoms with Crippen LogP contribution in [0.2, 0.25) is 0 Å². The number of hydrogen-bond donors (Lipinski definition) is 0. The summed E-state index contributed by atoms with van der Waals surface area (Å²) in [5.41, 5.74) is 2.84. The van der Waals surface area contributed by atoms with Crippen molar-refractivity contribution in [2.24, 2.45) is 5.16 Å². The van der Waals surface area contributed by atoms with Gasteiger partial charge in [0.05, 0.1) is 6.21 Å². The second-order valence-electron chi connectivity index (χ2n) is 2.53. The van der Waals surface area contributed by atoms with Crippen molar-refractivity contribution < 1.29 is 4.84 Å². The van der Waals surface area contributed by atoms with Gasteiger partial charge >= 0.3 is 0 Å². The predicted octanol–water partition coefficient (Wildman–Crippen LogP) is 0.769. The smallest absolute Gasteiger partial charge is 0.114 e. The summed E-state index contributed by atoms with van der Waals surface area (Å²) in [6.45, 7) is 1.96. The van der Waals surface area contributed by atoms with Crippen LogP contribution in [0.15, 0.2) is 23.4 Å². The first-order valence-electron chi connectivity index (χ1n) is 3.66. The Morgan fingerprint density at radius 2 is 2.25 bits per heavy atom. The molecular weight excluding hydrogens is 149 g/mol. The first-order chi connectivity index (χ1) is 5.74. The zero-order chi connectivity index (χ0) is 8.97. The molecule has 1 aromatic carbocycles. The summed E-state index contributed by atoms with van der Waals surface area (Å²) >= 11 is 0. The number of hydrogen-bond acceptors (Lipinski definition) is 2. The fraction of sp³-hybridized carbons (Fsp3) is 0.222. The van der Waals surface area contributed by atoms with E-state index in [0.29, 0.717) is 0 Å². The molecule has 0 N–H and O–H groups in total. The van der Waals surface area contributed by atoms with Crippen LogP contribution in [-0.4, -0.2) is 21.2 Å². The van der Waals surface area contributed by atoms with Gasteiger partial charge in [-0.15, -0.1) is 0 Å². The van der Waals surface area contributed by atoms with E-state index in [4.69, 9.17) is 7.85 Å². The Labute approximate surface area is 73.6 Å². The van der Waals surface area contributed by atoms with Gasteiger partial charge in [-0.05, 0) is 12.5 Å². The van der Waals surface area contributed by atoms with Crippen LogP contribution in [0.3, 0.4) is 0 Å². The number of oxime groups is 1. The van der Waals surface area contributed by atoms with E-state index in [1.54, 1.807) is 6.21 Å². The molecule has 0 bridgehead atoms. The Kier molecular flexibility index (Phi) is 2.91. The van der Waals surface area contributed by atoms with Crippen LogP contribution in [0.4, 0.5) is 0 Å². The van der Waals surface area contributed by atoms with Gasteiger partial charge in [0, 0.05) is 0 Å². The van der Waals surface area contributed by atoms with E-state index in [1.165, 1.54) is 7.11 Å². The number of nitrogens with zero attached hydrogens (tertiary/aromatic N) is 1. The third-order valence-electron chi connectivity index (χ3n) is 1.60. The minimum absolute atomic E-state index is 0.796. The molecule has 2 radical (unpaired) electrons. The summed E-state index contributed by atoms with van der Waals surface area (Å²) in [4.78, 5) is 4.55. The lowest BCUT2D eigenvalue weighted by Gasteiger charge is -1.99. The largest absolute Gasteiger partial charge is 0.399 e. The monoisotopic (exact) mass is 159 g/mol. The van der Waals surface area contributed by atoms with Crippen LogP contribution in [-0.2, 0) is 4.84 Å². The van der Waals surface area contributed by atoms with E-state index in [2.05, 4.69) is 9.99 Å². The summed E-state index contributed by atoms with van der Waals surface area (Å²) < 4.78 is 0. The molecule has 3 heteroatoms. The summed E-state index contributed by atoms with van der Waals surface area (Å²) in [7, 11) is 7.16. The van der Waals surface area contributed by atoms with Crippen molar-refractivity contribution in [3.05, 3.63) is 29.3 Å². The van der Waals surface area contributed by atoms with E-state index in [9.17, 15) is 0 Å². The molecule has 1 aromatic rings. The molecule has 0 saturated heterocycles. The number of aryl methyl sites for hydroxylation is 1. The first-order valence-corrected chi connectivity index (χ1v) is 3.66. The van der Waals surface area contributed by atoms with Gasteiger partial charge in [0.15, 0.2) is 0 Å².